The van der Waals surface area contributed by atoms with Crippen molar-refractivity contribution in [2.45, 2.75) is 18.9 Å². The van der Waals surface area contributed by atoms with Crippen molar-refractivity contribution in [1.29, 1.82) is 0 Å². The Labute approximate surface area is 109 Å². The lowest BCUT2D eigenvalue weighted by atomic mass is 10.3. The van der Waals surface area contributed by atoms with Gasteiger partial charge in [-0.25, -0.2) is 0 Å². The fourth-order valence-electron chi connectivity index (χ4n) is 1.97. The van der Waals surface area contributed by atoms with Crippen LogP contribution in [0.15, 0.2) is 24.3 Å². The Kier molecular flexibility index (Phi) is 4.84. The van der Waals surface area contributed by atoms with Gasteiger partial charge in [-0.3, -0.25) is 4.90 Å². The van der Waals surface area contributed by atoms with Gasteiger partial charge in [-0.05, 0) is 37.1 Å². The SMILES string of the molecule is COCCN(CCOc1ccc(N)cc1)C1CC1. The van der Waals surface area contributed by atoms with Crippen molar-refractivity contribution in [2.75, 3.05) is 39.1 Å². The first kappa shape index (κ1) is 13.2. The van der Waals surface area contributed by atoms with Crippen molar-refractivity contribution in [2.24, 2.45) is 0 Å². The van der Waals surface area contributed by atoms with Crippen molar-refractivity contribution in [3.8, 4) is 5.75 Å². The maximum absolute atomic E-state index is 5.71. The normalized spacial score (nSPS) is 15.0. The number of nitrogens with zero attached hydrogens (tertiary/aromatic N) is 1. The third kappa shape index (κ3) is 4.20. The second-order valence-corrected chi connectivity index (χ2v) is 4.68. The molecule has 1 saturated carbocycles. The summed E-state index contributed by atoms with van der Waals surface area (Å²) in [4.78, 5) is 2.45. The Bertz CT molecular complexity index is 349. The molecule has 1 aromatic rings. The highest BCUT2D eigenvalue weighted by atomic mass is 16.5. The largest absolute Gasteiger partial charge is 0.492 e. The van der Waals surface area contributed by atoms with Crippen LogP contribution in [0, 0.1) is 0 Å². The molecule has 1 aliphatic carbocycles. The second-order valence-electron chi connectivity index (χ2n) is 4.68. The molecule has 0 heterocycles. The van der Waals surface area contributed by atoms with Crippen LogP contribution < -0.4 is 10.5 Å². The third-order valence-corrected chi connectivity index (χ3v) is 3.17. The van der Waals surface area contributed by atoms with Crippen molar-refractivity contribution >= 4 is 5.69 Å². The number of hydrogen-bond donors (Lipinski definition) is 1. The van der Waals surface area contributed by atoms with Gasteiger partial charge in [0.25, 0.3) is 0 Å². The number of benzene rings is 1. The Morgan fingerprint density at radius 3 is 2.44 bits per heavy atom. The van der Waals surface area contributed by atoms with Gasteiger partial charge < -0.3 is 15.2 Å². The van der Waals surface area contributed by atoms with Gasteiger partial charge in [0, 0.05) is 31.9 Å². The first-order valence-electron chi connectivity index (χ1n) is 6.51. The molecule has 4 nitrogen and oxygen atoms in total. The molecule has 1 aromatic carbocycles. The molecule has 0 amide bonds. The van der Waals surface area contributed by atoms with E-state index < -0.39 is 0 Å². The van der Waals surface area contributed by atoms with Gasteiger partial charge >= 0.3 is 0 Å². The minimum Gasteiger partial charge on any atom is -0.492 e. The van der Waals surface area contributed by atoms with E-state index in [1.54, 1.807) is 7.11 Å². The molecule has 1 fully saturated rings. The minimum atomic E-state index is 0.712. The fourth-order valence-corrected chi connectivity index (χ4v) is 1.97. The van der Waals surface area contributed by atoms with E-state index in [0.29, 0.717) is 6.61 Å². The number of hydrogen-bond acceptors (Lipinski definition) is 4. The van der Waals surface area contributed by atoms with Crippen LogP contribution in [0.25, 0.3) is 0 Å². The summed E-state index contributed by atoms with van der Waals surface area (Å²) in [5, 5.41) is 0. The molecule has 2 rings (SSSR count). The number of rotatable bonds is 8. The highest BCUT2D eigenvalue weighted by molar-refractivity contribution is 5.41. The molecule has 1 aliphatic rings. The van der Waals surface area contributed by atoms with Crippen LogP contribution in [0.3, 0.4) is 0 Å². The lowest BCUT2D eigenvalue weighted by Gasteiger charge is -2.21. The average Bonchev–Trinajstić information content (AvgIpc) is 3.20. The Morgan fingerprint density at radius 1 is 1.17 bits per heavy atom. The molecule has 0 atom stereocenters. The van der Waals surface area contributed by atoms with Gasteiger partial charge in [-0.2, -0.15) is 0 Å². The summed E-state index contributed by atoms with van der Waals surface area (Å²) >= 11 is 0. The van der Waals surface area contributed by atoms with E-state index in [1.807, 2.05) is 24.3 Å². The van der Waals surface area contributed by atoms with Gasteiger partial charge in [0.1, 0.15) is 12.4 Å². The predicted molar refractivity (Wildman–Crippen MR) is 72.8 cm³/mol. The smallest absolute Gasteiger partial charge is 0.119 e. The first-order valence-corrected chi connectivity index (χ1v) is 6.51. The highest BCUT2D eigenvalue weighted by Crippen LogP contribution is 2.26. The van der Waals surface area contributed by atoms with Crippen molar-refractivity contribution < 1.29 is 9.47 Å². The van der Waals surface area contributed by atoms with E-state index in [1.165, 1.54) is 12.8 Å². The van der Waals surface area contributed by atoms with E-state index in [2.05, 4.69) is 4.90 Å². The van der Waals surface area contributed by atoms with E-state index in [4.69, 9.17) is 15.2 Å². The maximum Gasteiger partial charge on any atom is 0.119 e. The van der Waals surface area contributed by atoms with Gasteiger partial charge in [-0.15, -0.1) is 0 Å². The molecule has 18 heavy (non-hydrogen) atoms. The Morgan fingerprint density at radius 2 is 1.83 bits per heavy atom. The predicted octanol–water partition coefficient (Wildman–Crippen LogP) is 1.76. The lowest BCUT2D eigenvalue weighted by Crippen LogP contribution is -2.33. The summed E-state index contributed by atoms with van der Waals surface area (Å²) in [7, 11) is 1.75. The first-order chi connectivity index (χ1) is 8.79. The van der Waals surface area contributed by atoms with E-state index in [0.717, 1.165) is 37.2 Å². The van der Waals surface area contributed by atoms with Crippen LogP contribution in [-0.2, 0) is 4.74 Å². The van der Waals surface area contributed by atoms with Crippen molar-refractivity contribution in [3.63, 3.8) is 0 Å². The van der Waals surface area contributed by atoms with Gasteiger partial charge in [0.15, 0.2) is 0 Å². The van der Waals surface area contributed by atoms with Crippen LogP contribution in [-0.4, -0.2) is 44.4 Å². The molecule has 0 aliphatic heterocycles. The molecule has 0 aromatic heterocycles. The van der Waals surface area contributed by atoms with Crippen LogP contribution in [0.1, 0.15) is 12.8 Å². The van der Waals surface area contributed by atoms with Gasteiger partial charge in [-0.1, -0.05) is 0 Å². The number of methoxy groups -OCH3 is 1. The molecular weight excluding hydrogens is 228 g/mol. The zero-order valence-corrected chi connectivity index (χ0v) is 11.0. The summed E-state index contributed by atoms with van der Waals surface area (Å²) in [5.41, 5.74) is 6.39. The van der Waals surface area contributed by atoms with Crippen molar-refractivity contribution in [1.82, 2.24) is 4.90 Å². The second kappa shape index (κ2) is 6.61. The topological polar surface area (TPSA) is 47.7 Å². The molecule has 0 radical (unpaired) electrons. The zero-order valence-electron chi connectivity index (χ0n) is 11.0. The zero-order chi connectivity index (χ0) is 12.8. The molecule has 0 unspecified atom stereocenters. The minimum absolute atomic E-state index is 0.712. The van der Waals surface area contributed by atoms with E-state index in [-0.39, 0.29) is 0 Å². The monoisotopic (exact) mass is 250 g/mol. The fraction of sp³-hybridized carbons (Fsp3) is 0.571. The van der Waals surface area contributed by atoms with Crippen LogP contribution in [0.2, 0.25) is 0 Å². The van der Waals surface area contributed by atoms with Crippen LogP contribution in [0.4, 0.5) is 5.69 Å². The van der Waals surface area contributed by atoms with E-state index >= 15 is 0 Å². The number of nitrogens with two attached hydrogens (primary N) is 1. The summed E-state index contributed by atoms with van der Waals surface area (Å²) in [6.45, 7) is 3.45. The molecule has 0 spiro atoms. The highest BCUT2D eigenvalue weighted by Gasteiger charge is 2.28. The van der Waals surface area contributed by atoms with E-state index in [9.17, 15) is 0 Å². The van der Waals surface area contributed by atoms with Crippen LogP contribution in [0.5, 0.6) is 5.75 Å². The van der Waals surface area contributed by atoms with Gasteiger partial charge in [0.05, 0.1) is 6.61 Å². The van der Waals surface area contributed by atoms with Crippen molar-refractivity contribution in [3.05, 3.63) is 24.3 Å². The summed E-state index contributed by atoms with van der Waals surface area (Å²) in [6.07, 6.45) is 2.62. The summed E-state index contributed by atoms with van der Waals surface area (Å²) < 4.78 is 10.8. The molecule has 2 N–H and O–H groups in total. The van der Waals surface area contributed by atoms with Crippen LogP contribution >= 0.6 is 0 Å². The molecule has 100 valence electrons. The third-order valence-electron chi connectivity index (χ3n) is 3.17. The number of ether oxygens (including phenoxy) is 2. The number of anilines is 1. The standard InChI is InChI=1S/C14H22N2O2/c1-17-10-8-16(13-4-5-13)9-11-18-14-6-2-12(15)3-7-14/h2-3,6-7,13H,4-5,8-11,15H2,1H3. The molecule has 4 heteroatoms. The molecular formula is C14H22N2O2. The lowest BCUT2D eigenvalue weighted by molar-refractivity contribution is 0.130. The average molecular weight is 250 g/mol. The van der Waals surface area contributed by atoms with Gasteiger partial charge in [0.2, 0.25) is 0 Å². The quantitative estimate of drug-likeness (QED) is 0.714. The Balaban J connectivity index is 1.70. The molecule has 0 bridgehead atoms. The summed E-state index contributed by atoms with van der Waals surface area (Å²) in [5.74, 6) is 0.881. The Hall–Kier alpha value is -1.26. The summed E-state index contributed by atoms with van der Waals surface area (Å²) in [6, 6.07) is 8.28. The number of nitrogen functional groups attached to an aromatic ring is 1. The maximum atomic E-state index is 5.71. The molecule has 0 saturated heterocycles.